The van der Waals surface area contributed by atoms with Crippen LogP contribution in [0.4, 0.5) is 0 Å². The molecular weight excluding hydrogens is 456 g/mol. The van der Waals surface area contributed by atoms with Gasteiger partial charge in [0.1, 0.15) is 5.56 Å². The Morgan fingerprint density at radius 3 is 1.83 bits per heavy atom. The highest BCUT2D eigenvalue weighted by atomic mass is 17.2. The van der Waals surface area contributed by atoms with E-state index in [1.54, 1.807) is 12.1 Å². The van der Waals surface area contributed by atoms with Crippen molar-refractivity contribution < 1.29 is 29.1 Å². The van der Waals surface area contributed by atoms with Crippen molar-refractivity contribution in [3.63, 3.8) is 0 Å². The number of hydrogen-bond acceptors (Lipinski definition) is 6. The van der Waals surface area contributed by atoms with E-state index in [-0.39, 0.29) is 11.3 Å². The Kier molecular flexibility index (Phi) is 10.6. The van der Waals surface area contributed by atoms with Crippen molar-refractivity contribution in [1.29, 1.82) is 0 Å². The Hall–Kier alpha value is -3.02. The van der Waals surface area contributed by atoms with Crippen LogP contribution < -0.4 is 9.78 Å². The summed E-state index contributed by atoms with van der Waals surface area (Å²) in [7, 11) is 0. The molecule has 0 atom stereocenters. The third-order valence-corrected chi connectivity index (χ3v) is 6.71. The Morgan fingerprint density at radius 2 is 1.19 bits per heavy atom. The van der Waals surface area contributed by atoms with Crippen LogP contribution in [0.1, 0.15) is 122 Å². The molecule has 2 aromatic rings. The zero-order valence-electron chi connectivity index (χ0n) is 22.2. The summed E-state index contributed by atoms with van der Waals surface area (Å²) >= 11 is 0. The predicted molar refractivity (Wildman–Crippen MR) is 139 cm³/mol. The first kappa shape index (κ1) is 27.6. The summed E-state index contributed by atoms with van der Waals surface area (Å²) in [6, 6.07) is 6.69. The van der Waals surface area contributed by atoms with E-state index in [1.807, 2.05) is 6.07 Å². The SMILES string of the molecule is CCCCc1cc(C(=O)OOC(=O)c2ccc3cc2OO3)c(CCCC)c(CCCC)c1CCCC. The highest BCUT2D eigenvalue weighted by molar-refractivity contribution is 5.95. The monoisotopic (exact) mass is 496 g/mol. The average molecular weight is 497 g/mol. The number of hydrogen-bond donors (Lipinski definition) is 0. The zero-order valence-corrected chi connectivity index (χ0v) is 22.2. The van der Waals surface area contributed by atoms with Crippen molar-refractivity contribution in [2.75, 3.05) is 0 Å². The van der Waals surface area contributed by atoms with Crippen LogP contribution in [-0.2, 0) is 35.5 Å². The first-order chi connectivity index (χ1) is 17.5. The van der Waals surface area contributed by atoms with Crippen LogP contribution in [0, 0.1) is 0 Å². The molecule has 0 unspecified atom stereocenters. The van der Waals surface area contributed by atoms with Gasteiger partial charge in [0.15, 0.2) is 11.5 Å². The molecular formula is C30H40O6. The van der Waals surface area contributed by atoms with Gasteiger partial charge in [-0.15, -0.1) is 0 Å². The first-order valence-electron chi connectivity index (χ1n) is 13.6. The minimum atomic E-state index is -0.803. The van der Waals surface area contributed by atoms with Gasteiger partial charge in [0, 0.05) is 6.07 Å². The Bertz CT molecular complexity index is 1040. The number of unbranched alkanes of at least 4 members (excludes halogenated alkanes) is 4. The number of rotatable bonds is 14. The van der Waals surface area contributed by atoms with E-state index >= 15 is 0 Å². The van der Waals surface area contributed by atoms with Crippen LogP contribution in [0.15, 0.2) is 24.3 Å². The summed E-state index contributed by atoms with van der Waals surface area (Å²) in [5, 5.41) is 0. The molecule has 196 valence electrons. The van der Waals surface area contributed by atoms with Crippen LogP contribution in [0.3, 0.4) is 0 Å². The molecule has 3 rings (SSSR count). The van der Waals surface area contributed by atoms with Gasteiger partial charge in [-0.05, 0) is 91.8 Å². The molecule has 2 bridgehead atoms. The Balaban J connectivity index is 1.94. The average Bonchev–Trinajstić information content (AvgIpc) is 3.26. The number of benzene rings is 2. The molecule has 0 aliphatic carbocycles. The van der Waals surface area contributed by atoms with Crippen molar-refractivity contribution in [3.8, 4) is 11.5 Å². The quantitative estimate of drug-likeness (QED) is 0.197. The minimum Gasteiger partial charge on any atom is -0.290 e. The van der Waals surface area contributed by atoms with Crippen molar-refractivity contribution in [1.82, 2.24) is 0 Å². The molecule has 0 saturated carbocycles. The van der Waals surface area contributed by atoms with Gasteiger partial charge in [0.2, 0.25) is 0 Å². The summed E-state index contributed by atoms with van der Waals surface area (Å²) < 4.78 is 0. The van der Waals surface area contributed by atoms with Gasteiger partial charge in [-0.2, -0.15) is 0 Å². The van der Waals surface area contributed by atoms with Gasteiger partial charge < -0.3 is 0 Å². The van der Waals surface area contributed by atoms with Crippen molar-refractivity contribution in [3.05, 3.63) is 57.6 Å². The maximum Gasteiger partial charge on any atom is 0.390 e. The molecule has 1 aliphatic rings. The van der Waals surface area contributed by atoms with Gasteiger partial charge in [-0.1, -0.05) is 53.4 Å². The van der Waals surface area contributed by atoms with Crippen LogP contribution in [-0.4, -0.2) is 11.9 Å². The standard InChI is InChI=1S/C30H40O6/c1-5-9-13-21-19-27(25(16-12-8-4)24(15-11-7-3)23(21)14-10-6-2)30(32)36-35-29(31)26-18-17-22-20-28(26)34-33-22/h17-20H,5-16H2,1-4H3. The second-order valence-electron chi connectivity index (χ2n) is 9.50. The molecule has 1 heterocycles. The lowest BCUT2D eigenvalue weighted by Gasteiger charge is -2.22. The minimum absolute atomic E-state index is 0.137. The Labute approximate surface area is 215 Å². The molecule has 6 heteroatoms. The van der Waals surface area contributed by atoms with E-state index in [0.29, 0.717) is 11.3 Å². The first-order valence-corrected chi connectivity index (χ1v) is 13.6. The van der Waals surface area contributed by atoms with E-state index < -0.39 is 11.9 Å². The lowest BCUT2D eigenvalue weighted by Crippen LogP contribution is -2.17. The summed E-state index contributed by atoms with van der Waals surface area (Å²) in [5.74, 6) is -0.692. The second kappa shape index (κ2) is 13.9. The molecule has 36 heavy (non-hydrogen) atoms. The smallest absolute Gasteiger partial charge is 0.290 e. The molecule has 0 N–H and O–H groups in total. The molecule has 0 saturated heterocycles. The fourth-order valence-corrected chi connectivity index (χ4v) is 4.67. The number of aryl methyl sites for hydroxylation is 1. The maximum atomic E-state index is 13.4. The lowest BCUT2D eigenvalue weighted by atomic mass is 9.83. The summed E-state index contributed by atoms with van der Waals surface area (Å²) in [6.45, 7) is 8.74. The summed E-state index contributed by atoms with van der Waals surface area (Å²) in [6.07, 6.45) is 12.3. The molecule has 6 nitrogen and oxygen atoms in total. The van der Waals surface area contributed by atoms with E-state index in [0.717, 1.165) is 82.6 Å². The van der Waals surface area contributed by atoms with Gasteiger partial charge in [0.05, 0.1) is 5.56 Å². The van der Waals surface area contributed by atoms with E-state index in [9.17, 15) is 9.59 Å². The number of carbonyl (C=O) groups excluding carboxylic acids is 2. The lowest BCUT2D eigenvalue weighted by molar-refractivity contribution is -0.188. The van der Waals surface area contributed by atoms with Gasteiger partial charge in [-0.25, -0.2) is 19.4 Å². The molecule has 0 spiro atoms. The fraction of sp³-hybridized carbons (Fsp3) is 0.533. The normalized spacial score (nSPS) is 11.7. The highest BCUT2D eigenvalue weighted by Crippen LogP contribution is 2.32. The summed E-state index contributed by atoms with van der Waals surface area (Å²) in [5.41, 5.74) is 5.66. The van der Waals surface area contributed by atoms with E-state index in [1.165, 1.54) is 22.8 Å². The fourth-order valence-electron chi connectivity index (χ4n) is 4.67. The number of carbonyl (C=O) groups is 2. The van der Waals surface area contributed by atoms with Gasteiger partial charge >= 0.3 is 11.9 Å². The van der Waals surface area contributed by atoms with Crippen LogP contribution in [0.25, 0.3) is 0 Å². The summed E-state index contributed by atoms with van der Waals surface area (Å²) in [4.78, 5) is 46.0. The van der Waals surface area contributed by atoms with Crippen LogP contribution in [0.2, 0.25) is 0 Å². The topological polar surface area (TPSA) is 71.1 Å². The van der Waals surface area contributed by atoms with Gasteiger partial charge in [-0.3, -0.25) is 9.78 Å². The maximum absolute atomic E-state index is 13.4. The van der Waals surface area contributed by atoms with E-state index in [2.05, 4.69) is 27.7 Å². The van der Waals surface area contributed by atoms with Crippen molar-refractivity contribution in [2.24, 2.45) is 0 Å². The molecule has 0 fully saturated rings. The molecule has 0 radical (unpaired) electrons. The third-order valence-electron chi connectivity index (χ3n) is 6.71. The third kappa shape index (κ3) is 6.80. The molecule has 0 amide bonds. The molecule has 2 aromatic carbocycles. The Morgan fingerprint density at radius 1 is 0.639 bits per heavy atom. The molecule has 1 aliphatic heterocycles. The second-order valence-corrected chi connectivity index (χ2v) is 9.50. The van der Waals surface area contributed by atoms with Crippen molar-refractivity contribution in [2.45, 2.75) is 105 Å². The predicted octanol–water partition coefficient (Wildman–Crippen LogP) is 7.67. The van der Waals surface area contributed by atoms with Gasteiger partial charge in [0.25, 0.3) is 0 Å². The highest BCUT2D eigenvalue weighted by Gasteiger charge is 2.26. The zero-order chi connectivity index (χ0) is 25.9. The van der Waals surface area contributed by atoms with Crippen molar-refractivity contribution >= 4 is 11.9 Å². The largest absolute Gasteiger partial charge is 0.390 e. The number of fused-ring (bicyclic) bond motifs is 2. The molecule has 0 aromatic heterocycles. The van der Waals surface area contributed by atoms with Crippen LogP contribution in [0.5, 0.6) is 11.5 Å². The van der Waals surface area contributed by atoms with Crippen LogP contribution >= 0.6 is 0 Å². The van der Waals surface area contributed by atoms with E-state index in [4.69, 9.17) is 19.6 Å².